The highest BCUT2D eigenvalue weighted by atomic mass is 16.2. The highest BCUT2D eigenvalue weighted by Gasteiger charge is 2.26. The molecular weight excluding hydrogens is 178 g/mol. The first-order chi connectivity index (χ1) is 6.50. The van der Waals surface area contributed by atoms with Gasteiger partial charge in [0.15, 0.2) is 0 Å². The molecule has 1 aliphatic heterocycles. The molecular formula is C10H21N3O. The number of nitrogens with two attached hydrogens (primary N) is 1. The van der Waals surface area contributed by atoms with Crippen LogP contribution in [-0.4, -0.2) is 36.1 Å². The van der Waals surface area contributed by atoms with Crippen molar-refractivity contribution >= 4 is 6.03 Å². The molecule has 1 aliphatic rings. The van der Waals surface area contributed by atoms with E-state index < -0.39 is 0 Å². The quantitative estimate of drug-likeness (QED) is 0.655. The smallest absolute Gasteiger partial charge is 0.317 e. The van der Waals surface area contributed by atoms with E-state index in [0.29, 0.717) is 12.5 Å². The molecule has 1 heterocycles. The van der Waals surface area contributed by atoms with Gasteiger partial charge in [-0.1, -0.05) is 6.92 Å². The standard InChI is InChI=1S/C10H21N3O/c1-7(2)12-10(14)13-5-4-8(3)9(11)6-13/h7-9H,4-6,11H2,1-3H3,(H,12,14). The zero-order valence-electron chi connectivity index (χ0n) is 9.29. The van der Waals surface area contributed by atoms with Gasteiger partial charge in [0.2, 0.25) is 0 Å². The van der Waals surface area contributed by atoms with Crippen molar-refractivity contribution < 1.29 is 4.79 Å². The lowest BCUT2D eigenvalue weighted by atomic mass is 9.94. The van der Waals surface area contributed by atoms with Gasteiger partial charge in [0.25, 0.3) is 0 Å². The van der Waals surface area contributed by atoms with Gasteiger partial charge in [-0.05, 0) is 26.2 Å². The van der Waals surface area contributed by atoms with E-state index in [1.165, 1.54) is 0 Å². The normalized spacial score (nSPS) is 27.9. The molecule has 1 saturated heterocycles. The molecule has 0 aromatic carbocycles. The van der Waals surface area contributed by atoms with E-state index in [2.05, 4.69) is 12.2 Å². The molecule has 0 aliphatic carbocycles. The van der Waals surface area contributed by atoms with Crippen LogP contribution in [0.1, 0.15) is 27.2 Å². The lowest BCUT2D eigenvalue weighted by Crippen LogP contribution is -2.53. The third kappa shape index (κ3) is 2.87. The summed E-state index contributed by atoms with van der Waals surface area (Å²) in [7, 11) is 0. The molecule has 0 saturated carbocycles. The van der Waals surface area contributed by atoms with Gasteiger partial charge in [0.05, 0.1) is 0 Å². The Morgan fingerprint density at radius 3 is 2.71 bits per heavy atom. The molecule has 14 heavy (non-hydrogen) atoms. The first kappa shape index (κ1) is 11.3. The van der Waals surface area contributed by atoms with Crippen LogP contribution >= 0.6 is 0 Å². The van der Waals surface area contributed by atoms with Gasteiger partial charge in [0, 0.05) is 25.2 Å². The Morgan fingerprint density at radius 2 is 2.21 bits per heavy atom. The second kappa shape index (κ2) is 4.64. The van der Waals surface area contributed by atoms with Crippen molar-refractivity contribution in [3.63, 3.8) is 0 Å². The van der Waals surface area contributed by atoms with E-state index in [1.807, 2.05) is 18.7 Å². The van der Waals surface area contributed by atoms with Crippen LogP contribution in [0, 0.1) is 5.92 Å². The summed E-state index contributed by atoms with van der Waals surface area (Å²) < 4.78 is 0. The molecule has 0 spiro atoms. The van der Waals surface area contributed by atoms with E-state index in [0.717, 1.165) is 13.0 Å². The van der Waals surface area contributed by atoms with Gasteiger partial charge in [-0.25, -0.2) is 4.79 Å². The molecule has 1 fully saturated rings. The second-order valence-electron chi connectivity index (χ2n) is 4.48. The molecule has 0 radical (unpaired) electrons. The monoisotopic (exact) mass is 199 g/mol. The van der Waals surface area contributed by atoms with E-state index >= 15 is 0 Å². The number of rotatable bonds is 1. The maximum absolute atomic E-state index is 11.6. The lowest BCUT2D eigenvalue weighted by molar-refractivity contribution is 0.161. The van der Waals surface area contributed by atoms with E-state index in [1.54, 1.807) is 0 Å². The van der Waals surface area contributed by atoms with Gasteiger partial charge in [-0.15, -0.1) is 0 Å². The predicted octanol–water partition coefficient (Wildman–Crippen LogP) is 0.773. The van der Waals surface area contributed by atoms with E-state index in [-0.39, 0.29) is 18.1 Å². The van der Waals surface area contributed by atoms with Crippen LogP contribution in [0.4, 0.5) is 4.79 Å². The summed E-state index contributed by atoms with van der Waals surface area (Å²) in [5.41, 5.74) is 5.92. The average Bonchev–Trinajstić information content (AvgIpc) is 2.08. The number of piperidine rings is 1. The minimum absolute atomic E-state index is 0.0161. The molecule has 2 amide bonds. The molecule has 4 nitrogen and oxygen atoms in total. The van der Waals surface area contributed by atoms with Gasteiger partial charge < -0.3 is 16.0 Å². The Balaban J connectivity index is 2.42. The third-order valence-corrected chi connectivity index (χ3v) is 2.72. The number of carbonyl (C=O) groups excluding carboxylic acids is 1. The lowest BCUT2D eigenvalue weighted by Gasteiger charge is -2.35. The summed E-state index contributed by atoms with van der Waals surface area (Å²) in [4.78, 5) is 13.4. The SMILES string of the molecule is CC(C)NC(=O)N1CCC(C)C(N)C1. The molecule has 1 rings (SSSR count). The Hall–Kier alpha value is -0.770. The van der Waals surface area contributed by atoms with E-state index in [4.69, 9.17) is 5.73 Å². The van der Waals surface area contributed by atoms with Crippen molar-refractivity contribution in [3.8, 4) is 0 Å². The number of urea groups is 1. The second-order valence-corrected chi connectivity index (χ2v) is 4.48. The fourth-order valence-electron chi connectivity index (χ4n) is 1.62. The Bertz CT molecular complexity index is 206. The highest BCUT2D eigenvalue weighted by Crippen LogP contribution is 2.15. The number of hydrogen-bond acceptors (Lipinski definition) is 2. The number of carbonyl (C=O) groups is 1. The summed E-state index contributed by atoms with van der Waals surface area (Å²) >= 11 is 0. The Morgan fingerprint density at radius 1 is 1.57 bits per heavy atom. The molecule has 0 aromatic heterocycles. The summed E-state index contributed by atoms with van der Waals surface area (Å²) in [6, 6.07) is 0.335. The van der Waals surface area contributed by atoms with Crippen LogP contribution in [-0.2, 0) is 0 Å². The number of nitrogens with zero attached hydrogens (tertiary/aromatic N) is 1. The van der Waals surface area contributed by atoms with Gasteiger partial charge in [-0.2, -0.15) is 0 Å². The number of likely N-dealkylation sites (tertiary alicyclic amines) is 1. The van der Waals surface area contributed by atoms with Crippen LogP contribution in [0.25, 0.3) is 0 Å². The largest absolute Gasteiger partial charge is 0.336 e. The fraction of sp³-hybridized carbons (Fsp3) is 0.900. The van der Waals surface area contributed by atoms with Crippen LogP contribution in [0.5, 0.6) is 0 Å². The van der Waals surface area contributed by atoms with Gasteiger partial charge in [0.1, 0.15) is 0 Å². The topological polar surface area (TPSA) is 58.4 Å². The first-order valence-corrected chi connectivity index (χ1v) is 5.31. The van der Waals surface area contributed by atoms with Crippen molar-refractivity contribution in [3.05, 3.63) is 0 Å². The molecule has 0 bridgehead atoms. The summed E-state index contributed by atoms with van der Waals surface area (Å²) in [6.07, 6.45) is 1.01. The molecule has 3 N–H and O–H groups in total. The minimum Gasteiger partial charge on any atom is -0.336 e. The minimum atomic E-state index is 0.0161. The van der Waals surface area contributed by atoms with Crippen LogP contribution in [0.2, 0.25) is 0 Å². The summed E-state index contributed by atoms with van der Waals surface area (Å²) in [6.45, 7) is 7.57. The van der Waals surface area contributed by atoms with Crippen molar-refractivity contribution in [1.82, 2.24) is 10.2 Å². The van der Waals surface area contributed by atoms with E-state index in [9.17, 15) is 4.79 Å². The van der Waals surface area contributed by atoms with Gasteiger partial charge in [-0.3, -0.25) is 0 Å². The molecule has 82 valence electrons. The maximum atomic E-state index is 11.6. The van der Waals surface area contributed by atoms with Crippen LogP contribution in [0.15, 0.2) is 0 Å². The molecule has 4 heteroatoms. The summed E-state index contributed by atoms with van der Waals surface area (Å²) in [5.74, 6) is 0.526. The van der Waals surface area contributed by atoms with Crippen molar-refractivity contribution in [2.24, 2.45) is 11.7 Å². The molecule has 2 unspecified atom stereocenters. The fourth-order valence-corrected chi connectivity index (χ4v) is 1.62. The summed E-state index contributed by atoms with van der Waals surface area (Å²) in [5, 5.41) is 2.88. The third-order valence-electron chi connectivity index (χ3n) is 2.72. The Labute approximate surface area is 85.8 Å². The highest BCUT2D eigenvalue weighted by molar-refractivity contribution is 5.74. The molecule has 2 atom stereocenters. The molecule has 0 aromatic rings. The Kier molecular flexibility index (Phi) is 3.75. The first-order valence-electron chi connectivity index (χ1n) is 5.31. The number of hydrogen-bond donors (Lipinski definition) is 2. The van der Waals surface area contributed by atoms with Crippen molar-refractivity contribution in [1.29, 1.82) is 0 Å². The zero-order valence-corrected chi connectivity index (χ0v) is 9.29. The van der Waals surface area contributed by atoms with Crippen LogP contribution in [0.3, 0.4) is 0 Å². The van der Waals surface area contributed by atoms with Crippen molar-refractivity contribution in [2.75, 3.05) is 13.1 Å². The van der Waals surface area contributed by atoms with Gasteiger partial charge >= 0.3 is 6.03 Å². The zero-order chi connectivity index (χ0) is 10.7. The van der Waals surface area contributed by atoms with Crippen LogP contribution < -0.4 is 11.1 Å². The van der Waals surface area contributed by atoms with Crippen molar-refractivity contribution in [2.45, 2.75) is 39.3 Å². The average molecular weight is 199 g/mol. The number of nitrogens with one attached hydrogen (secondary N) is 1. The number of amides is 2. The predicted molar refractivity (Wildman–Crippen MR) is 57.0 cm³/mol. The maximum Gasteiger partial charge on any atom is 0.317 e.